The largest absolute Gasteiger partial charge is 0.204 e. The maximum Gasteiger partial charge on any atom is 0.153 e. The molecule has 2 aromatic carbocycles. The topological polar surface area (TPSA) is 12.4 Å². The molecule has 2 aromatic rings. The first-order valence-electron chi connectivity index (χ1n) is 8.84. The zero-order valence-corrected chi connectivity index (χ0v) is 15.4. The van der Waals surface area contributed by atoms with Crippen LogP contribution in [0.4, 0.5) is 14.5 Å². The Balaban J connectivity index is 1.91. The molecular formula is C22H19F2NS. The second kappa shape index (κ2) is 8.36. The second-order valence-corrected chi connectivity index (χ2v) is 6.72. The van der Waals surface area contributed by atoms with Gasteiger partial charge in [-0.1, -0.05) is 37.3 Å². The molecule has 1 fully saturated rings. The number of rotatable bonds is 5. The molecule has 4 heteroatoms. The average molecular weight is 367 g/mol. The number of unbranched alkanes of at least 4 members (excludes halogenated alkanes) is 1. The highest BCUT2D eigenvalue weighted by Crippen LogP contribution is 2.42. The molecule has 26 heavy (non-hydrogen) atoms. The van der Waals surface area contributed by atoms with Crippen molar-refractivity contribution in [2.24, 2.45) is 4.99 Å². The lowest BCUT2D eigenvalue weighted by Gasteiger charge is -2.07. The molecule has 1 nitrogen and oxygen atoms in total. The molecule has 0 aliphatic heterocycles. The lowest BCUT2D eigenvalue weighted by atomic mass is 9.97. The van der Waals surface area contributed by atoms with Crippen molar-refractivity contribution in [2.75, 3.05) is 0 Å². The van der Waals surface area contributed by atoms with Crippen LogP contribution < -0.4 is 0 Å². The summed E-state index contributed by atoms with van der Waals surface area (Å²) in [5.41, 5.74) is 3.38. The highest BCUT2D eigenvalue weighted by atomic mass is 32.1. The number of isothiocyanates is 1. The van der Waals surface area contributed by atoms with E-state index < -0.39 is 17.3 Å². The minimum Gasteiger partial charge on any atom is -0.204 e. The van der Waals surface area contributed by atoms with Gasteiger partial charge in [-0.25, -0.2) is 8.78 Å². The van der Waals surface area contributed by atoms with E-state index in [-0.39, 0.29) is 5.56 Å². The third-order valence-electron chi connectivity index (χ3n) is 4.47. The number of halogens is 2. The molecule has 0 bridgehead atoms. The van der Waals surface area contributed by atoms with Crippen LogP contribution in [0, 0.1) is 23.5 Å². The van der Waals surface area contributed by atoms with E-state index >= 15 is 0 Å². The van der Waals surface area contributed by atoms with Crippen molar-refractivity contribution >= 4 is 23.1 Å². The Morgan fingerprint density at radius 2 is 1.85 bits per heavy atom. The molecule has 0 saturated heterocycles. The molecule has 1 aliphatic rings. The smallest absolute Gasteiger partial charge is 0.153 e. The number of nitrogens with zero attached hydrogens (tertiary/aromatic N) is 1. The van der Waals surface area contributed by atoms with Gasteiger partial charge in [0.15, 0.2) is 11.6 Å². The first-order chi connectivity index (χ1) is 12.6. The van der Waals surface area contributed by atoms with Gasteiger partial charge in [0.05, 0.1) is 5.16 Å². The van der Waals surface area contributed by atoms with Crippen molar-refractivity contribution in [1.82, 2.24) is 0 Å². The van der Waals surface area contributed by atoms with Crippen LogP contribution in [0.1, 0.15) is 60.8 Å². The average Bonchev–Trinajstić information content (AvgIpc) is 3.46. The summed E-state index contributed by atoms with van der Waals surface area (Å²) in [5.74, 6) is 4.96. The van der Waals surface area contributed by atoms with Crippen molar-refractivity contribution in [3.05, 3.63) is 64.2 Å². The number of hydrogen-bond acceptors (Lipinski definition) is 2. The van der Waals surface area contributed by atoms with Crippen LogP contribution in [-0.4, -0.2) is 5.16 Å². The van der Waals surface area contributed by atoms with Crippen molar-refractivity contribution in [2.45, 2.75) is 44.9 Å². The van der Waals surface area contributed by atoms with E-state index in [1.807, 2.05) is 11.2 Å². The summed E-state index contributed by atoms with van der Waals surface area (Å²) >= 11 is 4.40. The normalized spacial score (nSPS) is 12.9. The van der Waals surface area contributed by atoms with Gasteiger partial charge in [0.25, 0.3) is 0 Å². The van der Waals surface area contributed by atoms with Crippen LogP contribution >= 0.6 is 12.2 Å². The van der Waals surface area contributed by atoms with E-state index in [1.165, 1.54) is 48.9 Å². The quantitative estimate of drug-likeness (QED) is 0.342. The SMILES string of the molecule is CCCCc1ccc(C#Cc2cc(F)c(N=C=S)c(F)c2)c(C2CC2)c1. The minimum absolute atomic E-state index is 0.278. The summed E-state index contributed by atoms with van der Waals surface area (Å²) in [6.45, 7) is 2.18. The van der Waals surface area contributed by atoms with Crippen LogP contribution in [0.3, 0.4) is 0 Å². The number of hydrogen-bond donors (Lipinski definition) is 0. The molecule has 1 aliphatic carbocycles. The van der Waals surface area contributed by atoms with Crippen LogP contribution in [0.5, 0.6) is 0 Å². The molecule has 0 radical (unpaired) electrons. The Labute approximate surface area is 158 Å². The molecular weight excluding hydrogens is 348 g/mol. The van der Waals surface area contributed by atoms with Crippen molar-refractivity contribution in [3.8, 4) is 11.8 Å². The molecule has 0 spiro atoms. The molecule has 3 rings (SSSR count). The molecule has 0 heterocycles. The summed E-state index contributed by atoms with van der Waals surface area (Å²) in [6.07, 6.45) is 5.77. The fraction of sp³-hybridized carbons (Fsp3) is 0.318. The number of thiocarbonyl (C=S) groups is 1. The van der Waals surface area contributed by atoms with Crippen molar-refractivity contribution in [1.29, 1.82) is 0 Å². The monoisotopic (exact) mass is 367 g/mol. The molecule has 0 amide bonds. The van der Waals surface area contributed by atoms with Gasteiger partial charge >= 0.3 is 0 Å². The fourth-order valence-corrected chi connectivity index (χ4v) is 3.02. The predicted octanol–water partition coefficient (Wildman–Crippen LogP) is 6.32. The Hall–Kier alpha value is -2.34. The van der Waals surface area contributed by atoms with E-state index in [1.54, 1.807) is 0 Å². The van der Waals surface area contributed by atoms with E-state index in [0.717, 1.165) is 12.0 Å². The summed E-state index contributed by atoms with van der Waals surface area (Å²) in [7, 11) is 0. The number of aliphatic imine (C=N–C) groups is 1. The lowest BCUT2D eigenvalue weighted by molar-refractivity contribution is 0.587. The third-order valence-corrected chi connectivity index (χ3v) is 4.56. The molecule has 0 unspecified atom stereocenters. The third kappa shape index (κ3) is 4.43. The zero-order chi connectivity index (χ0) is 18.5. The Morgan fingerprint density at radius 3 is 2.46 bits per heavy atom. The Morgan fingerprint density at radius 1 is 1.12 bits per heavy atom. The fourth-order valence-electron chi connectivity index (χ4n) is 2.92. The summed E-state index contributed by atoms with van der Waals surface area (Å²) in [4.78, 5) is 3.41. The Bertz CT molecular complexity index is 906. The van der Waals surface area contributed by atoms with Gasteiger partial charge in [-0.3, -0.25) is 0 Å². The van der Waals surface area contributed by atoms with Gasteiger partial charge in [-0.2, -0.15) is 4.99 Å². The van der Waals surface area contributed by atoms with Gasteiger partial charge in [0.2, 0.25) is 0 Å². The van der Waals surface area contributed by atoms with Crippen LogP contribution in [0.15, 0.2) is 35.3 Å². The first kappa shape index (κ1) is 18.5. The standard InChI is InChI=1S/C22H19F2NS/c1-2-3-4-15-5-7-17(19(11-15)18-9-10-18)8-6-16-12-20(23)22(25-14-26)21(24)13-16/h5,7,11-13,18H,2-4,9-10H2,1H3. The summed E-state index contributed by atoms with van der Waals surface area (Å²) in [5, 5.41) is 1.98. The van der Waals surface area contributed by atoms with Gasteiger partial charge in [-0.15, -0.1) is 0 Å². The molecule has 0 atom stereocenters. The van der Waals surface area contributed by atoms with E-state index in [2.05, 4.69) is 48.1 Å². The minimum atomic E-state index is -0.788. The van der Waals surface area contributed by atoms with Gasteiger partial charge in [0, 0.05) is 11.1 Å². The maximum absolute atomic E-state index is 13.9. The van der Waals surface area contributed by atoms with Gasteiger partial charge in [0.1, 0.15) is 5.69 Å². The highest BCUT2D eigenvalue weighted by molar-refractivity contribution is 7.78. The molecule has 132 valence electrons. The summed E-state index contributed by atoms with van der Waals surface area (Å²) < 4.78 is 27.8. The lowest BCUT2D eigenvalue weighted by Crippen LogP contribution is -1.92. The zero-order valence-electron chi connectivity index (χ0n) is 14.6. The van der Waals surface area contributed by atoms with Gasteiger partial charge in [-0.05, 0) is 73.1 Å². The predicted molar refractivity (Wildman–Crippen MR) is 104 cm³/mol. The first-order valence-corrected chi connectivity index (χ1v) is 9.25. The molecule has 1 saturated carbocycles. The Kier molecular flexibility index (Phi) is 5.93. The van der Waals surface area contributed by atoms with E-state index in [4.69, 9.17) is 0 Å². The van der Waals surface area contributed by atoms with E-state index in [0.29, 0.717) is 5.92 Å². The molecule has 0 aromatic heterocycles. The van der Waals surface area contributed by atoms with Crippen LogP contribution in [0.2, 0.25) is 0 Å². The number of benzene rings is 2. The van der Waals surface area contributed by atoms with Crippen molar-refractivity contribution in [3.63, 3.8) is 0 Å². The van der Waals surface area contributed by atoms with Crippen LogP contribution in [0.25, 0.3) is 0 Å². The van der Waals surface area contributed by atoms with Crippen LogP contribution in [-0.2, 0) is 6.42 Å². The van der Waals surface area contributed by atoms with Crippen molar-refractivity contribution < 1.29 is 8.78 Å². The maximum atomic E-state index is 13.9. The van der Waals surface area contributed by atoms with E-state index in [9.17, 15) is 8.78 Å². The summed E-state index contributed by atoms with van der Waals surface area (Å²) in [6, 6.07) is 8.73. The highest BCUT2D eigenvalue weighted by Gasteiger charge is 2.25. The second-order valence-electron chi connectivity index (χ2n) is 6.54. The molecule has 0 N–H and O–H groups in total. The number of aryl methyl sites for hydroxylation is 1. The van der Waals surface area contributed by atoms with Gasteiger partial charge < -0.3 is 0 Å².